The van der Waals surface area contributed by atoms with Crippen LogP contribution in [0.4, 0.5) is 18.9 Å². The Labute approximate surface area is 188 Å². The summed E-state index contributed by atoms with van der Waals surface area (Å²) >= 11 is 0. The first-order valence-corrected chi connectivity index (χ1v) is 11.4. The van der Waals surface area contributed by atoms with Gasteiger partial charge in [-0.05, 0) is 42.3 Å². The topological polar surface area (TPSA) is 109 Å². The van der Waals surface area contributed by atoms with Crippen molar-refractivity contribution >= 4 is 27.8 Å². The fourth-order valence-electron chi connectivity index (χ4n) is 3.57. The quantitative estimate of drug-likeness (QED) is 0.632. The second kappa shape index (κ2) is 8.77. The molecule has 2 heterocycles. The Bertz CT molecular complexity index is 1230. The molecule has 2 unspecified atom stereocenters. The van der Waals surface area contributed by atoms with Gasteiger partial charge in [-0.1, -0.05) is 18.2 Å². The zero-order valence-electron chi connectivity index (χ0n) is 17.3. The van der Waals surface area contributed by atoms with Gasteiger partial charge in [-0.2, -0.15) is 13.9 Å². The first kappa shape index (κ1) is 22.6. The summed E-state index contributed by atoms with van der Waals surface area (Å²) in [5.41, 5.74) is 7.14. The minimum Gasteiger partial charge on any atom is -0.484 e. The third-order valence-electron chi connectivity index (χ3n) is 5.25. The maximum atomic E-state index is 13.3. The lowest BCUT2D eigenvalue weighted by Crippen LogP contribution is -2.42. The van der Waals surface area contributed by atoms with E-state index in [0.717, 1.165) is 0 Å². The molecule has 2 aliphatic heterocycles. The standard InChI is InChI=1S/C21H20F3N5O3S/c1-12(13-2-5-15(22)6-3-13)32-18-10-14(4-7-17(18)28-33(30,31)21(23)24)16-11-27-29-9-8-26-20(25)19(16)29/h2-12,16,19,21,28H,1H3,(H2,25,26)/t12-,16?,19?/m0/s1. The van der Waals surface area contributed by atoms with Crippen LogP contribution in [-0.2, 0) is 10.0 Å². The highest BCUT2D eigenvalue weighted by molar-refractivity contribution is 7.93. The molecular formula is C21H20F3N5O3S. The minimum atomic E-state index is -4.94. The zero-order valence-corrected chi connectivity index (χ0v) is 18.1. The Morgan fingerprint density at radius 2 is 1.91 bits per heavy atom. The summed E-state index contributed by atoms with van der Waals surface area (Å²) in [6.07, 6.45) is 4.20. The molecule has 3 N–H and O–H groups in total. The van der Waals surface area contributed by atoms with Crippen LogP contribution >= 0.6 is 0 Å². The number of amidine groups is 1. The van der Waals surface area contributed by atoms with E-state index in [0.29, 0.717) is 17.0 Å². The van der Waals surface area contributed by atoms with E-state index in [2.05, 4.69) is 10.1 Å². The number of nitrogens with zero attached hydrogens (tertiary/aromatic N) is 3. The van der Waals surface area contributed by atoms with Crippen molar-refractivity contribution in [1.82, 2.24) is 5.01 Å². The number of anilines is 1. The summed E-state index contributed by atoms with van der Waals surface area (Å²) in [5, 5.41) is 5.93. The van der Waals surface area contributed by atoms with E-state index in [1.807, 2.05) is 4.72 Å². The molecule has 0 saturated carbocycles. The Kier molecular flexibility index (Phi) is 6.02. The molecule has 0 amide bonds. The molecule has 8 nitrogen and oxygen atoms in total. The SMILES string of the molecule is C[C@H](Oc1cc(C2C=NN3C=CN=C(N)C23)ccc1NS(=O)(=O)C(F)F)c1ccc(F)cc1. The fourth-order valence-corrected chi connectivity index (χ4v) is 4.13. The molecule has 2 aromatic carbocycles. The molecule has 0 saturated heterocycles. The number of fused-ring (bicyclic) bond motifs is 1. The summed E-state index contributed by atoms with van der Waals surface area (Å²) in [6, 6.07) is 9.60. The van der Waals surface area contributed by atoms with Crippen molar-refractivity contribution in [2.45, 2.75) is 30.7 Å². The molecular weight excluding hydrogens is 459 g/mol. The average molecular weight is 479 g/mol. The molecule has 0 bridgehead atoms. The van der Waals surface area contributed by atoms with Gasteiger partial charge in [0.05, 0.1) is 11.6 Å². The van der Waals surface area contributed by atoms with Crippen molar-refractivity contribution in [1.29, 1.82) is 0 Å². The van der Waals surface area contributed by atoms with E-state index in [4.69, 9.17) is 10.5 Å². The molecule has 3 atom stereocenters. The highest BCUT2D eigenvalue weighted by Crippen LogP contribution is 2.37. The number of sulfonamides is 1. The number of hydrazone groups is 1. The molecule has 2 aromatic rings. The second-order valence-corrected chi connectivity index (χ2v) is 9.09. The molecule has 2 aliphatic rings. The maximum absolute atomic E-state index is 13.3. The monoisotopic (exact) mass is 479 g/mol. The number of ether oxygens (including phenoxy) is 1. The first-order valence-electron chi connectivity index (χ1n) is 9.84. The maximum Gasteiger partial charge on any atom is 0.355 e. The van der Waals surface area contributed by atoms with Crippen LogP contribution in [0.25, 0.3) is 0 Å². The van der Waals surface area contributed by atoms with Crippen molar-refractivity contribution in [3.05, 3.63) is 71.8 Å². The van der Waals surface area contributed by atoms with Gasteiger partial charge in [0.2, 0.25) is 0 Å². The van der Waals surface area contributed by atoms with E-state index in [1.165, 1.54) is 42.6 Å². The molecule has 174 valence electrons. The second-order valence-electron chi connectivity index (χ2n) is 7.44. The number of rotatable bonds is 7. The van der Waals surface area contributed by atoms with Crippen LogP contribution in [-0.4, -0.2) is 37.3 Å². The molecule has 12 heteroatoms. The third-order valence-corrected chi connectivity index (χ3v) is 6.23. The van der Waals surface area contributed by atoms with Crippen LogP contribution in [0.3, 0.4) is 0 Å². The van der Waals surface area contributed by atoms with Gasteiger partial charge in [0.25, 0.3) is 10.0 Å². The zero-order chi connectivity index (χ0) is 23.8. The summed E-state index contributed by atoms with van der Waals surface area (Å²) in [7, 11) is -4.94. The largest absolute Gasteiger partial charge is 0.484 e. The summed E-state index contributed by atoms with van der Waals surface area (Å²) in [6.45, 7) is 1.67. The lowest BCUT2D eigenvalue weighted by atomic mass is 9.91. The van der Waals surface area contributed by atoms with Crippen molar-refractivity contribution in [2.24, 2.45) is 15.8 Å². The van der Waals surface area contributed by atoms with Gasteiger partial charge in [0.15, 0.2) is 0 Å². The highest BCUT2D eigenvalue weighted by atomic mass is 32.2. The van der Waals surface area contributed by atoms with Gasteiger partial charge in [0, 0.05) is 18.6 Å². The van der Waals surface area contributed by atoms with Crippen molar-refractivity contribution < 1.29 is 26.3 Å². The number of benzene rings is 2. The number of nitrogens with two attached hydrogens (primary N) is 1. The van der Waals surface area contributed by atoms with Crippen molar-refractivity contribution in [2.75, 3.05) is 4.72 Å². The third kappa shape index (κ3) is 4.65. The number of nitrogens with one attached hydrogen (secondary N) is 1. The number of hydrogen-bond acceptors (Lipinski definition) is 7. The Hall–Kier alpha value is -3.54. The lowest BCUT2D eigenvalue weighted by molar-refractivity contribution is 0.227. The number of halogens is 3. The molecule has 0 radical (unpaired) electrons. The van der Waals surface area contributed by atoms with E-state index in [9.17, 15) is 21.6 Å². The summed E-state index contributed by atoms with van der Waals surface area (Å²) in [5.74, 6) is -4.04. The van der Waals surface area contributed by atoms with E-state index in [-0.39, 0.29) is 23.4 Å². The van der Waals surface area contributed by atoms with Crippen LogP contribution in [0, 0.1) is 5.82 Å². The molecule has 0 fully saturated rings. The molecule has 33 heavy (non-hydrogen) atoms. The highest BCUT2D eigenvalue weighted by Gasteiger charge is 2.36. The van der Waals surface area contributed by atoms with Gasteiger partial charge < -0.3 is 10.5 Å². The van der Waals surface area contributed by atoms with Gasteiger partial charge >= 0.3 is 5.76 Å². The number of aliphatic imine (C=N–C) groups is 1. The molecule has 0 spiro atoms. The Morgan fingerprint density at radius 3 is 2.61 bits per heavy atom. The van der Waals surface area contributed by atoms with Crippen LogP contribution in [0.5, 0.6) is 5.75 Å². The number of hydrogen-bond donors (Lipinski definition) is 2. The van der Waals surface area contributed by atoms with Crippen LogP contribution in [0.1, 0.15) is 30.1 Å². The fraction of sp³-hybridized carbons (Fsp3) is 0.238. The Balaban J connectivity index is 1.69. The molecule has 4 rings (SSSR count). The van der Waals surface area contributed by atoms with E-state index in [1.54, 1.807) is 30.4 Å². The average Bonchev–Trinajstić information content (AvgIpc) is 3.21. The van der Waals surface area contributed by atoms with Gasteiger partial charge in [-0.3, -0.25) is 9.73 Å². The normalized spacial score (nSPS) is 20.5. The Morgan fingerprint density at radius 1 is 1.18 bits per heavy atom. The predicted octanol–water partition coefficient (Wildman–Crippen LogP) is 3.53. The molecule has 0 aliphatic carbocycles. The van der Waals surface area contributed by atoms with E-state index >= 15 is 0 Å². The van der Waals surface area contributed by atoms with Crippen LogP contribution in [0.15, 0.2) is 65.0 Å². The smallest absolute Gasteiger partial charge is 0.355 e. The first-order chi connectivity index (χ1) is 15.7. The lowest BCUT2D eigenvalue weighted by Gasteiger charge is -2.27. The van der Waals surface area contributed by atoms with Gasteiger partial charge in [-0.25, -0.2) is 17.8 Å². The summed E-state index contributed by atoms with van der Waals surface area (Å²) in [4.78, 5) is 4.11. The predicted molar refractivity (Wildman–Crippen MR) is 118 cm³/mol. The summed E-state index contributed by atoms with van der Waals surface area (Å²) < 4.78 is 70.6. The van der Waals surface area contributed by atoms with Crippen molar-refractivity contribution in [3.63, 3.8) is 0 Å². The van der Waals surface area contributed by atoms with Crippen LogP contribution < -0.4 is 15.2 Å². The number of alkyl halides is 2. The van der Waals surface area contributed by atoms with Crippen LogP contribution in [0.2, 0.25) is 0 Å². The minimum absolute atomic E-state index is 0.0160. The van der Waals surface area contributed by atoms with Gasteiger partial charge in [-0.15, -0.1) is 0 Å². The van der Waals surface area contributed by atoms with Gasteiger partial charge in [0.1, 0.15) is 29.5 Å². The molecule has 0 aromatic heterocycles. The van der Waals surface area contributed by atoms with Crippen molar-refractivity contribution in [3.8, 4) is 5.75 Å². The van der Waals surface area contributed by atoms with E-state index < -0.39 is 27.7 Å².